The summed E-state index contributed by atoms with van der Waals surface area (Å²) in [6.45, 7) is 4.41. The van der Waals surface area contributed by atoms with Crippen molar-refractivity contribution in [1.29, 1.82) is 0 Å². The number of rotatable bonds is 6. The molecule has 0 bridgehead atoms. The first-order valence-electron chi connectivity index (χ1n) is 6.88. The molecule has 0 saturated carbocycles. The summed E-state index contributed by atoms with van der Waals surface area (Å²) in [6.07, 6.45) is 1.82. The molecule has 0 unspecified atom stereocenters. The van der Waals surface area contributed by atoms with Gasteiger partial charge in [-0.15, -0.1) is 0 Å². The number of amides is 1. The summed E-state index contributed by atoms with van der Waals surface area (Å²) in [5.41, 5.74) is 2.46. The molecule has 0 aromatic heterocycles. The second-order valence-corrected chi connectivity index (χ2v) is 4.90. The molecule has 0 aliphatic carbocycles. The van der Waals surface area contributed by atoms with Gasteiger partial charge in [-0.05, 0) is 30.0 Å². The van der Waals surface area contributed by atoms with E-state index in [1.165, 1.54) is 5.56 Å². The van der Waals surface area contributed by atoms with Crippen LogP contribution in [0.4, 0.5) is 0 Å². The molecule has 104 valence electrons. The Balaban J connectivity index is 1.88. The number of ether oxygens (including phenoxy) is 1. The molecule has 0 atom stereocenters. The number of benzene rings is 1. The standard InChI is InChI=1S/C15H22N2O2/c1-3-11-4-5-14(19-2)12(8-11)6-7-17-15(18)13-9-16-10-13/h4-5,8,13,16H,3,6-7,9-10H2,1-2H3,(H,17,18). The maximum Gasteiger partial charge on any atom is 0.225 e. The lowest BCUT2D eigenvalue weighted by Crippen LogP contribution is -2.51. The average Bonchev–Trinajstić information content (AvgIpc) is 2.36. The molecule has 0 radical (unpaired) electrons. The smallest absolute Gasteiger partial charge is 0.225 e. The normalized spacial score (nSPS) is 14.8. The van der Waals surface area contributed by atoms with Gasteiger partial charge < -0.3 is 15.4 Å². The number of nitrogens with one attached hydrogen (secondary N) is 2. The summed E-state index contributed by atoms with van der Waals surface area (Å²) in [5, 5.41) is 6.09. The van der Waals surface area contributed by atoms with Gasteiger partial charge in [0.2, 0.25) is 5.91 Å². The van der Waals surface area contributed by atoms with E-state index >= 15 is 0 Å². The minimum Gasteiger partial charge on any atom is -0.496 e. The number of hydrogen-bond donors (Lipinski definition) is 2. The van der Waals surface area contributed by atoms with Crippen molar-refractivity contribution in [2.24, 2.45) is 5.92 Å². The summed E-state index contributed by atoms with van der Waals surface area (Å²) in [4.78, 5) is 11.7. The molecule has 0 spiro atoms. The number of methoxy groups -OCH3 is 1. The Hall–Kier alpha value is -1.55. The van der Waals surface area contributed by atoms with Crippen LogP contribution in [0.5, 0.6) is 5.75 Å². The fraction of sp³-hybridized carbons (Fsp3) is 0.533. The van der Waals surface area contributed by atoms with E-state index in [1.54, 1.807) is 7.11 Å². The summed E-state index contributed by atoms with van der Waals surface area (Å²) in [5.74, 6) is 1.21. The van der Waals surface area contributed by atoms with Crippen LogP contribution in [0.25, 0.3) is 0 Å². The lowest BCUT2D eigenvalue weighted by Gasteiger charge is -2.25. The SMILES string of the molecule is CCc1ccc(OC)c(CCNC(=O)C2CNC2)c1. The fourth-order valence-corrected chi connectivity index (χ4v) is 2.19. The molecule has 1 saturated heterocycles. The van der Waals surface area contributed by atoms with E-state index in [-0.39, 0.29) is 11.8 Å². The maximum absolute atomic E-state index is 11.7. The zero-order chi connectivity index (χ0) is 13.7. The second kappa shape index (κ2) is 6.57. The lowest BCUT2D eigenvalue weighted by molar-refractivity contribution is -0.126. The highest BCUT2D eigenvalue weighted by atomic mass is 16.5. The van der Waals surface area contributed by atoms with Gasteiger partial charge in [0.1, 0.15) is 5.75 Å². The molecule has 2 rings (SSSR count). The van der Waals surface area contributed by atoms with Gasteiger partial charge in [-0.1, -0.05) is 19.1 Å². The molecule has 1 aliphatic rings. The van der Waals surface area contributed by atoms with Gasteiger partial charge in [0.05, 0.1) is 13.0 Å². The molecule has 2 N–H and O–H groups in total. The Morgan fingerprint density at radius 1 is 1.47 bits per heavy atom. The van der Waals surface area contributed by atoms with Crippen molar-refractivity contribution in [2.75, 3.05) is 26.7 Å². The van der Waals surface area contributed by atoms with Crippen molar-refractivity contribution in [3.8, 4) is 5.75 Å². The van der Waals surface area contributed by atoms with E-state index < -0.39 is 0 Å². The number of hydrogen-bond acceptors (Lipinski definition) is 3. The third-order valence-electron chi connectivity index (χ3n) is 3.60. The minimum absolute atomic E-state index is 0.156. The summed E-state index contributed by atoms with van der Waals surface area (Å²) < 4.78 is 5.36. The largest absolute Gasteiger partial charge is 0.496 e. The Morgan fingerprint density at radius 2 is 2.26 bits per heavy atom. The van der Waals surface area contributed by atoms with Gasteiger partial charge in [0, 0.05) is 19.6 Å². The molecule has 1 amide bonds. The van der Waals surface area contributed by atoms with Crippen LogP contribution in [-0.2, 0) is 17.6 Å². The van der Waals surface area contributed by atoms with Crippen molar-refractivity contribution >= 4 is 5.91 Å². The first kappa shape index (κ1) is 13.9. The highest BCUT2D eigenvalue weighted by Crippen LogP contribution is 2.20. The van der Waals surface area contributed by atoms with Crippen molar-refractivity contribution in [3.05, 3.63) is 29.3 Å². The van der Waals surface area contributed by atoms with Gasteiger partial charge in [-0.25, -0.2) is 0 Å². The Kier molecular flexibility index (Phi) is 4.80. The topological polar surface area (TPSA) is 50.4 Å². The van der Waals surface area contributed by atoms with Gasteiger partial charge in [-0.3, -0.25) is 4.79 Å². The predicted octanol–water partition coefficient (Wildman–Crippen LogP) is 1.14. The quantitative estimate of drug-likeness (QED) is 0.808. The number of carbonyl (C=O) groups is 1. The Labute approximate surface area is 114 Å². The molecular weight excluding hydrogens is 240 g/mol. The monoisotopic (exact) mass is 262 g/mol. The second-order valence-electron chi connectivity index (χ2n) is 4.90. The van der Waals surface area contributed by atoms with E-state index in [2.05, 4.69) is 29.7 Å². The summed E-state index contributed by atoms with van der Waals surface area (Å²) in [6, 6.07) is 6.25. The molecule has 1 aromatic carbocycles. The van der Waals surface area contributed by atoms with E-state index in [0.717, 1.165) is 37.2 Å². The molecule has 19 heavy (non-hydrogen) atoms. The molecule has 1 aliphatic heterocycles. The van der Waals surface area contributed by atoms with Gasteiger partial charge in [0.15, 0.2) is 0 Å². The Morgan fingerprint density at radius 3 is 2.84 bits per heavy atom. The first-order chi connectivity index (χ1) is 9.24. The number of carbonyl (C=O) groups excluding carboxylic acids is 1. The van der Waals surface area contributed by atoms with Crippen molar-refractivity contribution in [1.82, 2.24) is 10.6 Å². The van der Waals surface area contributed by atoms with Crippen LogP contribution >= 0.6 is 0 Å². The van der Waals surface area contributed by atoms with Gasteiger partial charge >= 0.3 is 0 Å². The zero-order valence-corrected chi connectivity index (χ0v) is 11.7. The zero-order valence-electron chi connectivity index (χ0n) is 11.7. The molecule has 1 aromatic rings. The molecular formula is C15H22N2O2. The van der Waals surface area contributed by atoms with E-state index in [0.29, 0.717) is 6.54 Å². The molecule has 4 heteroatoms. The van der Waals surface area contributed by atoms with Gasteiger partial charge in [-0.2, -0.15) is 0 Å². The first-order valence-corrected chi connectivity index (χ1v) is 6.88. The average molecular weight is 262 g/mol. The third-order valence-corrected chi connectivity index (χ3v) is 3.60. The van der Waals surface area contributed by atoms with Crippen LogP contribution in [0.1, 0.15) is 18.1 Å². The molecule has 1 fully saturated rings. The predicted molar refractivity (Wildman–Crippen MR) is 75.4 cm³/mol. The van der Waals surface area contributed by atoms with Crippen LogP contribution in [0.15, 0.2) is 18.2 Å². The minimum atomic E-state index is 0.156. The van der Waals surface area contributed by atoms with Crippen LogP contribution in [0, 0.1) is 5.92 Å². The van der Waals surface area contributed by atoms with E-state index in [1.807, 2.05) is 6.07 Å². The molecule has 4 nitrogen and oxygen atoms in total. The third kappa shape index (κ3) is 3.47. The van der Waals surface area contributed by atoms with Crippen molar-refractivity contribution < 1.29 is 9.53 Å². The van der Waals surface area contributed by atoms with Crippen LogP contribution < -0.4 is 15.4 Å². The lowest BCUT2D eigenvalue weighted by atomic mass is 10.0. The van der Waals surface area contributed by atoms with E-state index in [9.17, 15) is 4.79 Å². The van der Waals surface area contributed by atoms with Crippen molar-refractivity contribution in [3.63, 3.8) is 0 Å². The molecule has 1 heterocycles. The van der Waals surface area contributed by atoms with Crippen molar-refractivity contribution in [2.45, 2.75) is 19.8 Å². The fourth-order valence-electron chi connectivity index (χ4n) is 2.19. The van der Waals surface area contributed by atoms with Gasteiger partial charge in [0.25, 0.3) is 0 Å². The summed E-state index contributed by atoms with van der Waals surface area (Å²) >= 11 is 0. The van der Waals surface area contributed by atoms with Crippen LogP contribution in [-0.4, -0.2) is 32.7 Å². The van der Waals surface area contributed by atoms with Crippen LogP contribution in [0.3, 0.4) is 0 Å². The van der Waals surface area contributed by atoms with Crippen LogP contribution in [0.2, 0.25) is 0 Å². The highest BCUT2D eigenvalue weighted by molar-refractivity contribution is 5.80. The van der Waals surface area contributed by atoms with E-state index in [4.69, 9.17) is 4.74 Å². The highest BCUT2D eigenvalue weighted by Gasteiger charge is 2.24. The Bertz CT molecular complexity index is 442. The number of aryl methyl sites for hydroxylation is 1. The summed E-state index contributed by atoms with van der Waals surface area (Å²) in [7, 11) is 1.68. The maximum atomic E-state index is 11.7.